The fourth-order valence-electron chi connectivity index (χ4n) is 3.07. The Balaban J connectivity index is 1.60. The lowest BCUT2D eigenvalue weighted by atomic mass is 10.1. The maximum absolute atomic E-state index is 11.5. The highest BCUT2D eigenvalue weighted by Crippen LogP contribution is 2.39. The first-order valence-corrected chi connectivity index (χ1v) is 9.21. The molecule has 2 heterocycles. The van der Waals surface area contributed by atoms with Crippen LogP contribution >= 0.6 is 0 Å². The SMILES string of the molecule is C[C@H]1Cc2cc(S(N)(=O)=O)ccc2N1Cc1nc(C2CC2)no1. The minimum absolute atomic E-state index is 0.152. The number of primary sulfonamides is 1. The van der Waals surface area contributed by atoms with Gasteiger partial charge < -0.3 is 9.42 Å². The van der Waals surface area contributed by atoms with E-state index in [1.165, 1.54) is 0 Å². The van der Waals surface area contributed by atoms with Gasteiger partial charge in [-0.15, -0.1) is 0 Å². The van der Waals surface area contributed by atoms with Gasteiger partial charge in [0, 0.05) is 17.6 Å². The molecule has 1 aliphatic heterocycles. The molecule has 1 aliphatic carbocycles. The molecule has 0 radical (unpaired) electrons. The van der Waals surface area contributed by atoms with Crippen molar-refractivity contribution in [1.29, 1.82) is 0 Å². The molecule has 0 saturated heterocycles. The van der Waals surface area contributed by atoms with Gasteiger partial charge in [-0.2, -0.15) is 4.98 Å². The predicted octanol–water partition coefficient (Wildman–Crippen LogP) is 1.55. The highest BCUT2D eigenvalue weighted by Gasteiger charge is 2.31. The van der Waals surface area contributed by atoms with Crippen LogP contribution in [-0.2, 0) is 23.0 Å². The molecule has 1 atom stereocenters. The van der Waals surface area contributed by atoms with Crippen LogP contribution in [0.1, 0.15) is 43.0 Å². The lowest BCUT2D eigenvalue weighted by molar-refractivity contribution is 0.368. The normalized spacial score (nSPS) is 20.8. The molecule has 1 aromatic carbocycles. The largest absolute Gasteiger partial charge is 0.359 e. The standard InChI is InChI=1S/C15H18N4O3S/c1-9-6-11-7-12(23(16,20)21)4-5-13(11)19(9)8-14-17-15(18-22-14)10-2-3-10/h4-5,7,9-10H,2-3,6,8H2,1H3,(H2,16,20,21)/t9-/m0/s1. The molecule has 1 aromatic heterocycles. The molecule has 0 amide bonds. The number of sulfonamides is 1. The lowest BCUT2D eigenvalue weighted by Gasteiger charge is -2.22. The summed E-state index contributed by atoms with van der Waals surface area (Å²) in [6, 6.07) is 5.24. The van der Waals surface area contributed by atoms with Crippen molar-refractivity contribution in [3.8, 4) is 0 Å². The third kappa shape index (κ3) is 2.72. The number of hydrogen-bond donors (Lipinski definition) is 1. The van der Waals surface area contributed by atoms with Crippen molar-refractivity contribution < 1.29 is 12.9 Å². The Bertz CT molecular complexity index is 857. The number of fused-ring (bicyclic) bond motifs is 1. The first kappa shape index (κ1) is 14.6. The van der Waals surface area contributed by atoms with E-state index in [0.717, 1.165) is 36.3 Å². The third-order valence-electron chi connectivity index (χ3n) is 4.47. The zero-order chi connectivity index (χ0) is 16.2. The molecule has 23 heavy (non-hydrogen) atoms. The second-order valence-electron chi connectivity index (χ2n) is 6.34. The van der Waals surface area contributed by atoms with Crippen LogP contribution in [-0.4, -0.2) is 24.6 Å². The minimum atomic E-state index is -3.68. The summed E-state index contributed by atoms with van der Waals surface area (Å²) in [6.45, 7) is 2.62. The smallest absolute Gasteiger partial charge is 0.246 e. The van der Waals surface area contributed by atoms with Gasteiger partial charge in [0.15, 0.2) is 5.82 Å². The number of anilines is 1. The van der Waals surface area contributed by atoms with Crippen molar-refractivity contribution in [2.45, 2.75) is 49.6 Å². The molecule has 8 heteroatoms. The van der Waals surface area contributed by atoms with Crippen LogP contribution in [0.25, 0.3) is 0 Å². The van der Waals surface area contributed by atoms with Crippen LogP contribution in [0.5, 0.6) is 0 Å². The number of nitrogens with zero attached hydrogens (tertiary/aromatic N) is 3. The van der Waals surface area contributed by atoms with Gasteiger partial charge in [-0.1, -0.05) is 5.16 Å². The van der Waals surface area contributed by atoms with Crippen LogP contribution in [0.4, 0.5) is 5.69 Å². The monoisotopic (exact) mass is 334 g/mol. The van der Waals surface area contributed by atoms with Crippen molar-refractivity contribution in [3.05, 3.63) is 35.5 Å². The number of rotatable bonds is 4. The quantitative estimate of drug-likeness (QED) is 0.910. The Morgan fingerprint density at radius 1 is 1.39 bits per heavy atom. The molecule has 122 valence electrons. The highest BCUT2D eigenvalue weighted by atomic mass is 32.2. The summed E-state index contributed by atoms with van der Waals surface area (Å²) in [5, 5.41) is 9.25. The molecule has 1 fully saturated rings. The lowest BCUT2D eigenvalue weighted by Crippen LogP contribution is -2.28. The Labute approximate surface area is 134 Å². The van der Waals surface area contributed by atoms with E-state index in [2.05, 4.69) is 22.0 Å². The summed E-state index contributed by atoms with van der Waals surface area (Å²) in [4.78, 5) is 6.78. The summed E-state index contributed by atoms with van der Waals surface area (Å²) in [5.74, 6) is 1.87. The topological polar surface area (TPSA) is 102 Å². The molecule has 0 unspecified atom stereocenters. The summed E-state index contributed by atoms with van der Waals surface area (Å²) in [6.07, 6.45) is 3.04. The molecule has 0 bridgehead atoms. The van der Waals surface area contributed by atoms with Crippen molar-refractivity contribution in [1.82, 2.24) is 10.1 Å². The second kappa shape index (κ2) is 5.04. The minimum Gasteiger partial charge on any atom is -0.359 e. The van der Waals surface area contributed by atoms with E-state index in [9.17, 15) is 8.42 Å². The average Bonchev–Trinajstić information content (AvgIpc) is 3.15. The molecule has 1 saturated carbocycles. The molecule has 7 nitrogen and oxygen atoms in total. The van der Waals surface area contributed by atoms with Gasteiger partial charge in [0.25, 0.3) is 0 Å². The average molecular weight is 334 g/mol. The molecule has 2 aliphatic rings. The predicted molar refractivity (Wildman–Crippen MR) is 83.4 cm³/mol. The van der Waals surface area contributed by atoms with Gasteiger partial charge in [-0.3, -0.25) is 0 Å². The molecule has 4 rings (SSSR count). The van der Waals surface area contributed by atoms with E-state index >= 15 is 0 Å². The fourth-order valence-corrected chi connectivity index (χ4v) is 3.64. The molecular formula is C15H18N4O3S. The Morgan fingerprint density at radius 2 is 2.17 bits per heavy atom. The van der Waals surface area contributed by atoms with Gasteiger partial charge in [-0.25, -0.2) is 13.6 Å². The summed E-state index contributed by atoms with van der Waals surface area (Å²) < 4.78 is 28.3. The molecule has 0 spiro atoms. The second-order valence-corrected chi connectivity index (χ2v) is 7.90. The first-order valence-electron chi connectivity index (χ1n) is 7.66. The zero-order valence-corrected chi connectivity index (χ0v) is 13.6. The van der Waals surface area contributed by atoms with Gasteiger partial charge in [0.05, 0.1) is 11.4 Å². The first-order chi connectivity index (χ1) is 10.9. The Kier molecular flexibility index (Phi) is 3.21. The summed E-state index contributed by atoms with van der Waals surface area (Å²) in [5.41, 5.74) is 1.97. The molecule has 2 aromatic rings. The number of benzene rings is 1. The molecule has 2 N–H and O–H groups in total. The Morgan fingerprint density at radius 3 is 2.87 bits per heavy atom. The number of nitrogens with two attached hydrogens (primary N) is 1. The van der Waals surface area contributed by atoms with Gasteiger partial charge in [0.1, 0.15) is 0 Å². The summed E-state index contributed by atoms with van der Waals surface area (Å²) in [7, 11) is -3.68. The van der Waals surface area contributed by atoms with Crippen molar-refractivity contribution in [3.63, 3.8) is 0 Å². The number of aromatic nitrogens is 2. The van der Waals surface area contributed by atoms with E-state index < -0.39 is 10.0 Å². The van der Waals surface area contributed by atoms with Crippen LogP contribution in [0.3, 0.4) is 0 Å². The van der Waals surface area contributed by atoms with Crippen LogP contribution in [0.2, 0.25) is 0 Å². The van der Waals surface area contributed by atoms with Crippen LogP contribution in [0.15, 0.2) is 27.6 Å². The maximum Gasteiger partial charge on any atom is 0.246 e. The van der Waals surface area contributed by atoms with E-state index in [-0.39, 0.29) is 10.9 Å². The summed E-state index contributed by atoms with van der Waals surface area (Å²) >= 11 is 0. The fraction of sp³-hybridized carbons (Fsp3) is 0.467. The number of hydrogen-bond acceptors (Lipinski definition) is 6. The van der Waals surface area contributed by atoms with Gasteiger partial charge in [-0.05, 0) is 49.9 Å². The molecular weight excluding hydrogens is 316 g/mol. The van der Waals surface area contributed by atoms with E-state index in [0.29, 0.717) is 18.4 Å². The van der Waals surface area contributed by atoms with E-state index in [1.54, 1.807) is 18.2 Å². The van der Waals surface area contributed by atoms with Crippen molar-refractivity contribution in [2.24, 2.45) is 5.14 Å². The van der Waals surface area contributed by atoms with Crippen molar-refractivity contribution >= 4 is 15.7 Å². The highest BCUT2D eigenvalue weighted by molar-refractivity contribution is 7.89. The Hall–Kier alpha value is -1.93. The van der Waals surface area contributed by atoms with E-state index in [4.69, 9.17) is 9.66 Å². The van der Waals surface area contributed by atoms with Crippen LogP contribution in [0, 0.1) is 0 Å². The maximum atomic E-state index is 11.5. The van der Waals surface area contributed by atoms with Crippen LogP contribution < -0.4 is 10.0 Å². The van der Waals surface area contributed by atoms with Gasteiger partial charge in [0.2, 0.25) is 15.9 Å². The van der Waals surface area contributed by atoms with E-state index in [1.807, 2.05) is 0 Å². The van der Waals surface area contributed by atoms with Gasteiger partial charge >= 0.3 is 0 Å². The van der Waals surface area contributed by atoms with Crippen molar-refractivity contribution in [2.75, 3.05) is 4.90 Å². The third-order valence-corrected chi connectivity index (χ3v) is 5.38. The zero-order valence-electron chi connectivity index (χ0n) is 12.8.